The zero-order valence-corrected chi connectivity index (χ0v) is 10.2. The van der Waals surface area contributed by atoms with Crippen molar-refractivity contribution in [2.45, 2.75) is 23.4 Å². The summed E-state index contributed by atoms with van der Waals surface area (Å²) in [6.45, 7) is 3.72. The molecule has 4 rings (SSSR count). The van der Waals surface area contributed by atoms with Crippen molar-refractivity contribution in [1.82, 2.24) is 15.0 Å². The molecule has 1 saturated carbocycles. The summed E-state index contributed by atoms with van der Waals surface area (Å²) in [5, 5.41) is 2.36. The van der Waals surface area contributed by atoms with Gasteiger partial charge in [-0.05, 0) is 12.8 Å². The number of aromatic nitrogens is 1. The first-order valence-corrected chi connectivity index (χ1v) is 6.84. The van der Waals surface area contributed by atoms with Crippen molar-refractivity contribution in [1.29, 1.82) is 0 Å². The third-order valence-corrected chi connectivity index (χ3v) is 4.82. The number of oxazole rings is 1. The van der Waals surface area contributed by atoms with Crippen LogP contribution >= 0.6 is 0 Å². The summed E-state index contributed by atoms with van der Waals surface area (Å²) in [5.74, 6) is -0.218. The van der Waals surface area contributed by atoms with Gasteiger partial charge in [-0.25, -0.2) is 13.4 Å². The fourth-order valence-electron chi connectivity index (χ4n) is 2.35. The molecule has 2 N–H and O–H groups in total. The summed E-state index contributed by atoms with van der Waals surface area (Å²) in [7, 11) is -3.83. The van der Waals surface area contributed by atoms with Gasteiger partial charge in [0.1, 0.15) is 11.8 Å². The maximum Gasteiger partial charge on any atom is 0.262 e. The minimum Gasteiger partial charge on any atom is -0.450 e. The van der Waals surface area contributed by atoms with Gasteiger partial charge in [0.05, 0.1) is 0 Å². The largest absolute Gasteiger partial charge is 0.450 e. The van der Waals surface area contributed by atoms with E-state index in [9.17, 15) is 13.2 Å². The Morgan fingerprint density at radius 1 is 1.56 bits per heavy atom. The first kappa shape index (κ1) is 11.4. The van der Waals surface area contributed by atoms with Crippen LogP contribution in [0.15, 0.2) is 34.4 Å². The summed E-state index contributed by atoms with van der Waals surface area (Å²) >= 11 is 0. The van der Waals surface area contributed by atoms with Crippen LogP contribution in [0.5, 0.6) is 0 Å². The van der Waals surface area contributed by atoms with E-state index >= 15 is 0 Å². The molecule has 7 nitrogen and oxygen atoms in total. The third-order valence-electron chi connectivity index (χ3n) is 3.41. The number of allylic oxidation sites excluding steroid dienone is 1. The Kier molecular flexibility index (Phi) is 2.17. The molecule has 3 heterocycles. The Morgan fingerprint density at radius 3 is 2.83 bits per heavy atom. The van der Waals surface area contributed by atoms with Crippen LogP contribution < -0.4 is 10.0 Å². The second kappa shape index (κ2) is 3.42. The van der Waals surface area contributed by atoms with Crippen LogP contribution in [0, 0.1) is 5.92 Å². The Labute approximate surface area is 103 Å². The molecule has 96 valence electrons. The average molecular weight is 269 g/mol. The van der Waals surface area contributed by atoms with Crippen molar-refractivity contribution >= 4 is 15.9 Å². The van der Waals surface area contributed by atoms with Crippen LogP contribution in [0.25, 0.3) is 0 Å². The number of carbonyl (C=O) groups excluding carboxylic acids is 1. The van der Waals surface area contributed by atoms with E-state index in [1.165, 1.54) is 0 Å². The standard InChI is InChI=1S/C10H11N3O4S/c1-6-7-2-10(3-7,9(14)12-6)13-18(15,16)8-4-17-5-11-8/h4-5,7,13H,1-3H2,(H,12,14). The van der Waals surface area contributed by atoms with Gasteiger partial charge in [-0.15, -0.1) is 0 Å². The molecule has 0 aromatic carbocycles. The number of rotatable bonds is 3. The summed E-state index contributed by atoms with van der Waals surface area (Å²) in [5.41, 5.74) is -0.411. The van der Waals surface area contributed by atoms with Crippen LogP contribution in [-0.4, -0.2) is 24.8 Å². The summed E-state index contributed by atoms with van der Waals surface area (Å²) in [6, 6.07) is 0. The minimum atomic E-state index is -3.83. The molecule has 0 radical (unpaired) electrons. The van der Waals surface area contributed by atoms with Crippen molar-refractivity contribution in [3.8, 4) is 0 Å². The van der Waals surface area contributed by atoms with Crippen molar-refractivity contribution < 1.29 is 17.6 Å². The predicted molar refractivity (Wildman–Crippen MR) is 59.6 cm³/mol. The molecule has 1 aromatic heterocycles. The molecule has 3 fully saturated rings. The van der Waals surface area contributed by atoms with E-state index in [0.29, 0.717) is 18.5 Å². The highest BCUT2D eigenvalue weighted by Gasteiger charge is 2.57. The zero-order valence-electron chi connectivity index (χ0n) is 9.34. The number of sulfonamides is 1. The smallest absolute Gasteiger partial charge is 0.262 e. The number of carbonyl (C=O) groups is 1. The van der Waals surface area contributed by atoms with Crippen molar-refractivity contribution in [3.05, 3.63) is 24.9 Å². The predicted octanol–water partition coefficient (Wildman–Crippen LogP) is -0.255. The molecule has 8 heteroatoms. The van der Waals surface area contributed by atoms with Gasteiger partial charge >= 0.3 is 0 Å². The number of nitrogens with zero attached hydrogens (tertiary/aromatic N) is 1. The zero-order chi connectivity index (χ0) is 13.0. The normalized spacial score (nSPS) is 30.8. The van der Waals surface area contributed by atoms with Gasteiger partial charge < -0.3 is 9.73 Å². The van der Waals surface area contributed by atoms with Gasteiger partial charge in [-0.2, -0.15) is 4.72 Å². The molecule has 0 unspecified atom stereocenters. The monoisotopic (exact) mass is 269 g/mol. The average Bonchev–Trinajstić information content (AvgIpc) is 2.73. The lowest BCUT2D eigenvalue weighted by atomic mass is 9.64. The van der Waals surface area contributed by atoms with E-state index in [4.69, 9.17) is 0 Å². The number of amides is 1. The molecule has 2 saturated heterocycles. The van der Waals surface area contributed by atoms with E-state index in [0.717, 1.165) is 12.7 Å². The highest BCUT2D eigenvalue weighted by molar-refractivity contribution is 7.89. The van der Waals surface area contributed by atoms with Crippen LogP contribution in [0.2, 0.25) is 0 Å². The minimum absolute atomic E-state index is 0.141. The summed E-state index contributed by atoms with van der Waals surface area (Å²) in [4.78, 5) is 15.4. The number of fused-ring (bicyclic) bond motifs is 2. The Hall–Kier alpha value is -1.67. The Bertz CT molecular complexity index is 614. The Morgan fingerprint density at radius 2 is 2.28 bits per heavy atom. The number of nitrogens with one attached hydrogen (secondary N) is 2. The second-order valence-electron chi connectivity index (χ2n) is 4.60. The third kappa shape index (κ3) is 1.49. The molecular weight excluding hydrogens is 258 g/mol. The molecule has 2 bridgehead atoms. The van der Waals surface area contributed by atoms with Crippen LogP contribution in [0.4, 0.5) is 0 Å². The molecule has 1 amide bonds. The van der Waals surface area contributed by atoms with Gasteiger partial charge in [0, 0.05) is 11.6 Å². The Balaban J connectivity index is 1.87. The number of hydrogen-bond donors (Lipinski definition) is 2. The van der Waals surface area contributed by atoms with Gasteiger partial charge in [0.25, 0.3) is 10.0 Å². The maximum atomic E-state index is 12.0. The van der Waals surface area contributed by atoms with Crippen LogP contribution in [0.3, 0.4) is 0 Å². The highest BCUT2D eigenvalue weighted by Crippen LogP contribution is 2.45. The first-order valence-electron chi connectivity index (χ1n) is 5.35. The maximum absolute atomic E-state index is 12.0. The fraction of sp³-hybridized carbons (Fsp3) is 0.400. The molecule has 0 spiro atoms. The van der Waals surface area contributed by atoms with Crippen LogP contribution in [-0.2, 0) is 14.8 Å². The molecule has 1 aromatic rings. The lowest BCUT2D eigenvalue weighted by Gasteiger charge is -2.51. The van der Waals surface area contributed by atoms with Gasteiger partial charge in [-0.3, -0.25) is 4.79 Å². The topological polar surface area (TPSA) is 101 Å². The van der Waals surface area contributed by atoms with Crippen LogP contribution in [0.1, 0.15) is 12.8 Å². The fourth-order valence-corrected chi connectivity index (χ4v) is 3.60. The number of piperidine rings is 2. The van der Waals surface area contributed by atoms with Gasteiger partial charge in [-0.1, -0.05) is 6.58 Å². The van der Waals surface area contributed by atoms with E-state index < -0.39 is 15.6 Å². The van der Waals surface area contributed by atoms with E-state index in [1.54, 1.807) is 0 Å². The summed E-state index contributed by atoms with van der Waals surface area (Å²) in [6.07, 6.45) is 2.93. The molecular formula is C10H11N3O4S. The van der Waals surface area contributed by atoms with E-state index in [-0.39, 0.29) is 16.9 Å². The second-order valence-corrected chi connectivity index (χ2v) is 6.23. The van der Waals surface area contributed by atoms with Gasteiger partial charge in [0.2, 0.25) is 10.9 Å². The van der Waals surface area contributed by atoms with Crippen molar-refractivity contribution in [3.63, 3.8) is 0 Å². The van der Waals surface area contributed by atoms with Crippen molar-refractivity contribution in [2.75, 3.05) is 0 Å². The van der Waals surface area contributed by atoms with E-state index in [1.807, 2.05) is 0 Å². The lowest BCUT2D eigenvalue weighted by molar-refractivity contribution is -0.134. The SMILES string of the molecule is C=C1NC(=O)C2(NS(=O)(=O)c3cocn3)CC1C2. The lowest BCUT2D eigenvalue weighted by Crippen LogP contribution is -2.70. The molecule has 18 heavy (non-hydrogen) atoms. The number of hydrogen-bond acceptors (Lipinski definition) is 5. The highest BCUT2D eigenvalue weighted by atomic mass is 32.2. The van der Waals surface area contributed by atoms with Gasteiger partial charge in [0.15, 0.2) is 6.39 Å². The molecule has 0 atom stereocenters. The molecule has 2 aliphatic heterocycles. The quantitative estimate of drug-likeness (QED) is 0.787. The molecule has 1 aliphatic carbocycles. The first-order chi connectivity index (χ1) is 8.43. The summed E-state index contributed by atoms with van der Waals surface area (Å²) < 4.78 is 31.0. The molecule has 3 aliphatic rings. The van der Waals surface area contributed by atoms with E-state index in [2.05, 4.69) is 26.0 Å². The van der Waals surface area contributed by atoms with Crippen molar-refractivity contribution in [2.24, 2.45) is 5.92 Å².